The maximum absolute atomic E-state index is 10.7. The molecule has 0 spiro atoms. The van der Waals surface area contributed by atoms with Crippen LogP contribution >= 0.6 is 0 Å². The molecule has 0 saturated heterocycles. The van der Waals surface area contributed by atoms with E-state index < -0.39 is 0 Å². The normalized spacial score (nSPS) is 19.6. The first-order chi connectivity index (χ1) is 13.6. The maximum atomic E-state index is 10.7. The molecular formula is C25H42O3. The fraction of sp³-hybridized carbons (Fsp3) is 0.640. The summed E-state index contributed by atoms with van der Waals surface area (Å²) in [5, 5.41) is 0. The molecule has 1 saturated carbocycles. The van der Waals surface area contributed by atoms with Gasteiger partial charge in [-0.15, -0.1) is 13.2 Å². The van der Waals surface area contributed by atoms with Crippen molar-refractivity contribution in [3.05, 3.63) is 48.6 Å². The molecule has 0 aromatic heterocycles. The van der Waals surface area contributed by atoms with Crippen LogP contribution in [0.5, 0.6) is 0 Å². The zero-order chi connectivity index (χ0) is 21.4. The molecule has 0 radical (unpaired) electrons. The minimum atomic E-state index is -0.0370. The molecule has 0 bridgehead atoms. The van der Waals surface area contributed by atoms with Gasteiger partial charge in [0.2, 0.25) is 0 Å². The lowest BCUT2D eigenvalue weighted by atomic mass is 9.70. The van der Waals surface area contributed by atoms with E-state index in [1.165, 1.54) is 37.7 Å². The average Bonchev–Trinajstić information content (AvgIpc) is 2.75. The van der Waals surface area contributed by atoms with E-state index >= 15 is 0 Å². The number of hydrogen-bond donors (Lipinski definition) is 0. The van der Waals surface area contributed by atoms with Crippen LogP contribution in [0, 0.1) is 11.8 Å². The highest BCUT2D eigenvalue weighted by Gasteiger charge is 2.28. The van der Waals surface area contributed by atoms with E-state index in [4.69, 9.17) is 9.47 Å². The van der Waals surface area contributed by atoms with Crippen LogP contribution in [-0.2, 0) is 9.47 Å². The Hall–Kier alpha value is -1.45. The zero-order valence-corrected chi connectivity index (χ0v) is 18.8. The first-order valence-electron chi connectivity index (χ1n) is 10.9. The Bertz CT molecular complexity index is 491. The van der Waals surface area contributed by atoms with E-state index in [0.29, 0.717) is 5.92 Å². The molecule has 1 aromatic carbocycles. The van der Waals surface area contributed by atoms with Crippen LogP contribution in [0.25, 0.3) is 0 Å². The SMILES string of the molecule is C=C.CCC1CCCCC1C(C)c1ccc(C=O)cc1.CCOC(C)OCC. The van der Waals surface area contributed by atoms with Gasteiger partial charge in [-0.3, -0.25) is 4.79 Å². The summed E-state index contributed by atoms with van der Waals surface area (Å²) in [4.78, 5) is 10.7. The van der Waals surface area contributed by atoms with Crippen molar-refractivity contribution in [2.24, 2.45) is 11.8 Å². The third-order valence-corrected chi connectivity index (χ3v) is 5.54. The minimum absolute atomic E-state index is 0.0370. The smallest absolute Gasteiger partial charge is 0.154 e. The Morgan fingerprint density at radius 2 is 1.54 bits per heavy atom. The van der Waals surface area contributed by atoms with E-state index in [1.807, 2.05) is 32.9 Å². The van der Waals surface area contributed by atoms with E-state index in [9.17, 15) is 4.79 Å². The van der Waals surface area contributed by atoms with E-state index in [1.54, 1.807) is 0 Å². The quantitative estimate of drug-likeness (QED) is 0.271. The number of rotatable bonds is 8. The molecule has 0 N–H and O–H groups in total. The van der Waals surface area contributed by atoms with E-state index in [2.05, 4.69) is 39.1 Å². The van der Waals surface area contributed by atoms with Gasteiger partial charge >= 0.3 is 0 Å². The van der Waals surface area contributed by atoms with Crippen LogP contribution in [0.1, 0.15) is 88.6 Å². The maximum Gasteiger partial charge on any atom is 0.154 e. The Kier molecular flexibility index (Phi) is 15.6. The molecule has 2 rings (SSSR count). The highest BCUT2D eigenvalue weighted by molar-refractivity contribution is 5.74. The second-order valence-electron chi connectivity index (χ2n) is 7.17. The van der Waals surface area contributed by atoms with Crippen molar-refractivity contribution in [2.75, 3.05) is 13.2 Å². The summed E-state index contributed by atoms with van der Waals surface area (Å²) in [7, 11) is 0. The van der Waals surface area contributed by atoms with Gasteiger partial charge in [-0.1, -0.05) is 63.8 Å². The van der Waals surface area contributed by atoms with Crippen molar-refractivity contribution in [3.8, 4) is 0 Å². The van der Waals surface area contributed by atoms with Crippen molar-refractivity contribution in [1.82, 2.24) is 0 Å². The van der Waals surface area contributed by atoms with E-state index in [-0.39, 0.29) is 6.29 Å². The van der Waals surface area contributed by atoms with Gasteiger partial charge in [0.1, 0.15) is 6.29 Å². The summed E-state index contributed by atoms with van der Waals surface area (Å²) in [5.41, 5.74) is 2.17. The molecule has 160 valence electrons. The van der Waals surface area contributed by atoms with Gasteiger partial charge in [-0.25, -0.2) is 0 Å². The van der Waals surface area contributed by atoms with Gasteiger partial charge in [0.25, 0.3) is 0 Å². The van der Waals surface area contributed by atoms with Crippen molar-refractivity contribution in [1.29, 1.82) is 0 Å². The number of benzene rings is 1. The monoisotopic (exact) mass is 390 g/mol. The van der Waals surface area contributed by atoms with Crippen LogP contribution in [0.15, 0.2) is 37.4 Å². The summed E-state index contributed by atoms with van der Waals surface area (Å²) in [6.45, 7) is 17.9. The lowest BCUT2D eigenvalue weighted by Crippen LogP contribution is -2.23. The van der Waals surface area contributed by atoms with Crippen LogP contribution < -0.4 is 0 Å². The van der Waals surface area contributed by atoms with Crippen molar-refractivity contribution in [3.63, 3.8) is 0 Å². The number of hydrogen-bond acceptors (Lipinski definition) is 3. The molecule has 3 atom stereocenters. The lowest BCUT2D eigenvalue weighted by Gasteiger charge is -2.35. The van der Waals surface area contributed by atoms with Gasteiger partial charge < -0.3 is 9.47 Å². The molecule has 1 aromatic rings. The molecule has 3 unspecified atom stereocenters. The summed E-state index contributed by atoms with van der Waals surface area (Å²) in [6, 6.07) is 8.16. The molecule has 28 heavy (non-hydrogen) atoms. The number of carbonyl (C=O) groups excluding carboxylic acids is 1. The lowest BCUT2D eigenvalue weighted by molar-refractivity contribution is -0.123. The Balaban J connectivity index is 0.000000618. The highest BCUT2D eigenvalue weighted by Crippen LogP contribution is 2.41. The molecule has 1 aliphatic rings. The summed E-state index contributed by atoms with van der Waals surface area (Å²) in [5.74, 6) is 2.33. The molecule has 0 amide bonds. The predicted octanol–water partition coefficient (Wildman–Crippen LogP) is 7.03. The fourth-order valence-corrected chi connectivity index (χ4v) is 4.04. The Morgan fingerprint density at radius 1 is 1.00 bits per heavy atom. The number of aldehydes is 1. The molecule has 0 aliphatic heterocycles. The third-order valence-electron chi connectivity index (χ3n) is 5.54. The van der Waals surface area contributed by atoms with Crippen molar-refractivity contribution < 1.29 is 14.3 Å². The molecule has 0 heterocycles. The molecule has 3 nitrogen and oxygen atoms in total. The minimum Gasteiger partial charge on any atom is -0.353 e. The second-order valence-corrected chi connectivity index (χ2v) is 7.17. The van der Waals surface area contributed by atoms with Gasteiger partial charge in [0, 0.05) is 18.8 Å². The predicted molar refractivity (Wildman–Crippen MR) is 120 cm³/mol. The summed E-state index contributed by atoms with van der Waals surface area (Å²) < 4.78 is 10.1. The Labute approximate surface area is 173 Å². The van der Waals surface area contributed by atoms with Crippen LogP contribution in [0.2, 0.25) is 0 Å². The fourth-order valence-electron chi connectivity index (χ4n) is 4.04. The second kappa shape index (κ2) is 16.5. The van der Waals surface area contributed by atoms with Crippen LogP contribution in [0.3, 0.4) is 0 Å². The van der Waals surface area contributed by atoms with Crippen LogP contribution in [-0.4, -0.2) is 25.8 Å². The molecule has 3 heteroatoms. The number of ether oxygens (including phenoxy) is 2. The van der Waals surface area contributed by atoms with Gasteiger partial charge in [0.15, 0.2) is 6.29 Å². The third kappa shape index (κ3) is 9.66. The van der Waals surface area contributed by atoms with Crippen molar-refractivity contribution in [2.45, 2.75) is 78.9 Å². The largest absolute Gasteiger partial charge is 0.353 e. The number of carbonyl (C=O) groups is 1. The average molecular weight is 391 g/mol. The standard InChI is InChI=1S/C17H24O.C6H14O2.C2H4/c1-3-15-6-4-5-7-17(15)13(2)16-10-8-14(12-18)9-11-16;1-4-7-6(3)8-5-2;1-2/h8-13,15,17H,3-7H2,1-2H3;6H,4-5H2,1-3H3;1-2H2. The van der Waals surface area contributed by atoms with Gasteiger partial charge in [0.05, 0.1) is 0 Å². The summed E-state index contributed by atoms with van der Waals surface area (Å²) in [6.07, 6.45) is 7.76. The van der Waals surface area contributed by atoms with Gasteiger partial charge in [-0.05, 0) is 50.5 Å². The van der Waals surface area contributed by atoms with Crippen LogP contribution in [0.4, 0.5) is 0 Å². The first-order valence-corrected chi connectivity index (χ1v) is 10.9. The summed E-state index contributed by atoms with van der Waals surface area (Å²) >= 11 is 0. The van der Waals surface area contributed by atoms with Crippen molar-refractivity contribution >= 4 is 6.29 Å². The molecular weight excluding hydrogens is 348 g/mol. The van der Waals surface area contributed by atoms with E-state index in [0.717, 1.165) is 36.9 Å². The zero-order valence-electron chi connectivity index (χ0n) is 18.8. The Morgan fingerprint density at radius 3 is 2.00 bits per heavy atom. The molecule has 1 aliphatic carbocycles. The van der Waals surface area contributed by atoms with Gasteiger partial charge in [-0.2, -0.15) is 0 Å². The highest BCUT2D eigenvalue weighted by atomic mass is 16.7. The first kappa shape index (κ1) is 26.6. The topological polar surface area (TPSA) is 35.5 Å². The molecule has 1 fully saturated rings.